The molecule has 2 aliphatic rings. The third-order valence-corrected chi connectivity index (χ3v) is 3.63. The summed E-state index contributed by atoms with van der Waals surface area (Å²) in [5, 5.41) is 8.89. The topological polar surface area (TPSA) is 60.9 Å². The lowest BCUT2D eigenvalue weighted by Crippen LogP contribution is -2.44. The lowest BCUT2D eigenvalue weighted by molar-refractivity contribution is -0.138. The predicted molar refractivity (Wildman–Crippen MR) is 62.6 cm³/mol. The minimum absolute atomic E-state index is 0.104. The molecule has 5 nitrogen and oxygen atoms in total. The molecule has 96 valence electrons. The first-order chi connectivity index (χ1) is 8.08. The molecule has 1 aliphatic heterocycles. The Labute approximate surface area is 101 Å². The molecule has 5 heteroatoms. The molecule has 17 heavy (non-hydrogen) atoms. The first-order valence-electron chi connectivity index (χ1n) is 6.31. The summed E-state index contributed by atoms with van der Waals surface area (Å²) >= 11 is 0. The van der Waals surface area contributed by atoms with Crippen LogP contribution in [0.4, 0.5) is 0 Å². The number of amides is 1. The molecule has 0 bridgehead atoms. The Morgan fingerprint density at radius 1 is 1.35 bits per heavy atom. The van der Waals surface area contributed by atoms with Crippen LogP contribution in [0, 0.1) is 0 Å². The van der Waals surface area contributed by atoms with E-state index in [9.17, 15) is 9.59 Å². The molecule has 0 aromatic rings. The summed E-state index contributed by atoms with van der Waals surface area (Å²) in [6.45, 7) is 3.24. The lowest BCUT2D eigenvalue weighted by atomic mass is 10.2. The zero-order chi connectivity index (χ0) is 12.4. The number of carboxylic acids is 1. The second-order valence-electron chi connectivity index (χ2n) is 5.06. The fourth-order valence-electron chi connectivity index (χ4n) is 2.67. The van der Waals surface area contributed by atoms with Gasteiger partial charge in [0, 0.05) is 32.1 Å². The molecule has 1 heterocycles. The zero-order valence-corrected chi connectivity index (χ0v) is 10.3. The third kappa shape index (κ3) is 3.19. The van der Waals surface area contributed by atoms with Crippen molar-refractivity contribution in [2.75, 3.05) is 19.6 Å². The maximum absolute atomic E-state index is 11.4. The molecule has 2 fully saturated rings. The third-order valence-electron chi connectivity index (χ3n) is 3.63. The summed E-state index contributed by atoms with van der Waals surface area (Å²) in [4.78, 5) is 26.2. The Hall–Kier alpha value is -1.10. The van der Waals surface area contributed by atoms with E-state index in [1.807, 2.05) is 9.80 Å². The molecule has 1 aliphatic carbocycles. The van der Waals surface area contributed by atoms with Crippen molar-refractivity contribution >= 4 is 11.9 Å². The van der Waals surface area contributed by atoms with Gasteiger partial charge in [-0.25, -0.2) is 0 Å². The zero-order valence-electron chi connectivity index (χ0n) is 10.3. The van der Waals surface area contributed by atoms with Crippen LogP contribution in [0.15, 0.2) is 0 Å². The molecule has 1 saturated heterocycles. The SMILES string of the molecule is CC(=O)N1CCC[C@H]1CN(CC(=O)O)C1CC1. The summed E-state index contributed by atoms with van der Waals surface area (Å²) in [5.74, 6) is -0.664. The van der Waals surface area contributed by atoms with Crippen molar-refractivity contribution in [2.24, 2.45) is 0 Å². The molecular weight excluding hydrogens is 220 g/mol. The Balaban J connectivity index is 1.92. The largest absolute Gasteiger partial charge is 0.480 e. The Bertz CT molecular complexity index is 315. The van der Waals surface area contributed by atoms with Gasteiger partial charge in [-0.15, -0.1) is 0 Å². The lowest BCUT2D eigenvalue weighted by Gasteiger charge is -2.29. The monoisotopic (exact) mass is 240 g/mol. The van der Waals surface area contributed by atoms with E-state index in [-0.39, 0.29) is 18.5 Å². The molecular formula is C12H20N2O3. The number of hydrogen-bond acceptors (Lipinski definition) is 3. The molecule has 0 aromatic heterocycles. The van der Waals surface area contributed by atoms with Gasteiger partial charge in [0.1, 0.15) is 0 Å². The van der Waals surface area contributed by atoms with Crippen molar-refractivity contribution in [1.29, 1.82) is 0 Å². The number of rotatable bonds is 5. The summed E-state index contributed by atoms with van der Waals surface area (Å²) in [5.41, 5.74) is 0. The summed E-state index contributed by atoms with van der Waals surface area (Å²) < 4.78 is 0. The normalized spacial score (nSPS) is 24.4. The smallest absolute Gasteiger partial charge is 0.317 e. The van der Waals surface area contributed by atoms with E-state index < -0.39 is 5.97 Å². The minimum Gasteiger partial charge on any atom is -0.480 e. The van der Waals surface area contributed by atoms with Crippen LogP contribution in [0.1, 0.15) is 32.6 Å². The van der Waals surface area contributed by atoms with Crippen molar-refractivity contribution in [3.8, 4) is 0 Å². The highest BCUT2D eigenvalue weighted by atomic mass is 16.4. The van der Waals surface area contributed by atoms with Crippen molar-refractivity contribution in [3.05, 3.63) is 0 Å². The van der Waals surface area contributed by atoms with Gasteiger partial charge in [0.2, 0.25) is 5.91 Å². The highest BCUT2D eigenvalue weighted by Gasteiger charge is 2.35. The second kappa shape index (κ2) is 5.04. The fourth-order valence-corrected chi connectivity index (χ4v) is 2.67. The second-order valence-corrected chi connectivity index (χ2v) is 5.06. The standard InChI is InChI=1S/C12H20N2O3/c1-9(15)14-6-2-3-11(14)7-13(8-12(16)17)10-4-5-10/h10-11H,2-8H2,1H3,(H,16,17)/t11-/m0/s1. The van der Waals surface area contributed by atoms with Crippen molar-refractivity contribution in [1.82, 2.24) is 9.80 Å². The van der Waals surface area contributed by atoms with Crippen molar-refractivity contribution in [3.63, 3.8) is 0 Å². The summed E-state index contributed by atoms with van der Waals surface area (Å²) in [7, 11) is 0. The van der Waals surface area contributed by atoms with Gasteiger partial charge in [-0.3, -0.25) is 14.5 Å². The molecule has 2 rings (SSSR count). The van der Waals surface area contributed by atoms with Crippen molar-refractivity contribution < 1.29 is 14.7 Å². The Kier molecular flexibility index (Phi) is 3.66. The van der Waals surface area contributed by atoms with Gasteiger partial charge in [-0.05, 0) is 25.7 Å². The van der Waals surface area contributed by atoms with Crippen LogP contribution in [0.3, 0.4) is 0 Å². The molecule has 0 unspecified atom stereocenters. The van der Waals surface area contributed by atoms with Crippen LogP contribution >= 0.6 is 0 Å². The van der Waals surface area contributed by atoms with Gasteiger partial charge in [0.15, 0.2) is 0 Å². The average molecular weight is 240 g/mol. The van der Waals surface area contributed by atoms with E-state index in [1.54, 1.807) is 6.92 Å². The van der Waals surface area contributed by atoms with E-state index in [0.29, 0.717) is 6.04 Å². The number of carbonyl (C=O) groups excluding carboxylic acids is 1. The van der Waals surface area contributed by atoms with Gasteiger partial charge < -0.3 is 10.0 Å². The number of aliphatic carboxylic acids is 1. The number of carboxylic acid groups (broad SMARTS) is 1. The Morgan fingerprint density at radius 2 is 2.06 bits per heavy atom. The first kappa shape index (κ1) is 12.4. The molecule has 1 N–H and O–H groups in total. The number of carbonyl (C=O) groups is 2. The quantitative estimate of drug-likeness (QED) is 0.762. The fraction of sp³-hybridized carbons (Fsp3) is 0.833. The van der Waals surface area contributed by atoms with E-state index >= 15 is 0 Å². The van der Waals surface area contributed by atoms with Crippen LogP contribution in [0.2, 0.25) is 0 Å². The average Bonchev–Trinajstić information content (AvgIpc) is 2.97. The van der Waals surface area contributed by atoms with E-state index in [2.05, 4.69) is 0 Å². The molecule has 0 radical (unpaired) electrons. The molecule has 0 aromatic carbocycles. The van der Waals surface area contributed by atoms with Crippen LogP contribution in [0.25, 0.3) is 0 Å². The molecule has 1 atom stereocenters. The number of nitrogens with zero attached hydrogens (tertiary/aromatic N) is 2. The highest BCUT2D eigenvalue weighted by Crippen LogP contribution is 2.28. The van der Waals surface area contributed by atoms with Crippen LogP contribution in [0.5, 0.6) is 0 Å². The number of hydrogen-bond donors (Lipinski definition) is 1. The predicted octanol–water partition coefficient (Wildman–Crippen LogP) is 0.546. The van der Waals surface area contributed by atoms with Crippen LogP contribution in [-0.2, 0) is 9.59 Å². The van der Waals surface area contributed by atoms with Crippen LogP contribution in [-0.4, -0.2) is 58.5 Å². The summed E-state index contributed by atoms with van der Waals surface area (Å²) in [6, 6.07) is 0.646. The molecule has 1 amide bonds. The minimum atomic E-state index is -0.774. The number of likely N-dealkylation sites (tertiary alicyclic amines) is 1. The summed E-state index contributed by atoms with van der Waals surface area (Å²) in [6.07, 6.45) is 4.23. The van der Waals surface area contributed by atoms with Gasteiger partial charge >= 0.3 is 5.97 Å². The Morgan fingerprint density at radius 3 is 2.59 bits per heavy atom. The van der Waals surface area contributed by atoms with E-state index in [1.165, 1.54) is 0 Å². The van der Waals surface area contributed by atoms with Gasteiger partial charge in [-0.2, -0.15) is 0 Å². The van der Waals surface area contributed by atoms with E-state index in [4.69, 9.17) is 5.11 Å². The highest BCUT2D eigenvalue weighted by molar-refractivity contribution is 5.74. The van der Waals surface area contributed by atoms with Gasteiger partial charge in [-0.1, -0.05) is 0 Å². The maximum atomic E-state index is 11.4. The molecule has 1 saturated carbocycles. The first-order valence-corrected chi connectivity index (χ1v) is 6.31. The van der Waals surface area contributed by atoms with E-state index in [0.717, 1.165) is 38.8 Å². The van der Waals surface area contributed by atoms with Gasteiger partial charge in [0.05, 0.1) is 6.54 Å². The molecule has 0 spiro atoms. The van der Waals surface area contributed by atoms with Crippen molar-refractivity contribution in [2.45, 2.75) is 44.7 Å². The maximum Gasteiger partial charge on any atom is 0.317 e. The van der Waals surface area contributed by atoms with Crippen LogP contribution < -0.4 is 0 Å². The van der Waals surface area contributed by atoms with Gasteiger partial charge in [0.25, 0.3) is 0 Å².